The summed E-state index contributed by atoms with van der Waals surface area (Å²) < 4.78 is 0.930. The second kappa shape index (κ2) is 9.78. The molecule has 31 heavy (non-hydrogen) atoms. The topological polar surface area (TPSA) is 36.4 Å². The summed E-state index contributed by atoms with van der Waals surface area (Å²) in [6, 6.07) is 14.4. The number of urea groups is 1. The molecule has 0 bridgehead atoms. The number of likely N-dealkylation sites (tertiary alicyclic amines) is 1. The minimum Gasteiger partial charge on any atom is -0.317 e. The van der Waals surface area contributed by atoms with Crippen LogP contribution in [0.25, 0.3) is 0 Å². The number of benzene rings is 2. The number of aromatic nitrogens is 1. The molecule has 1 unspecified atom stereocenters. The van der Waals surface area contributed by atoms with Crippen LogP contribution in [0.2, 0.25) is 15.1 Å². The van der Waals surface area contributed by atoms with Crippen molar-refractivity contribution in [2.45, 2.75) is 25.4 Å². The largest absolute Gasteiger partial charge is 0.325 e. The van der Waals surface area contributed by atoms with Crippen LogP contribution in [0.15, 0.2) is 65.4 Å². The highest BCUT2D eigenvalue weighted by Crippen LogP contribution is 2.39. The van der Waals surface area contributed by atoms with Crippen molar-refractivity contribution < 1.29 is 4.79 Å². The zero-order chi connectivity index (χ0) is 22.0. The Kier molecular flexibility index (Phi) is 7.07. The molecule has 0 aliphatic carbocycles. The van der Waals surface area contributed by atoms with E-state index in [4.69, 9.17) is 34.8 Å². The van der Waals surface area contributed by atoms with E-state index in [0.717, 1.165) is 28.4 Å². The fraction of sp³-hybridized carbons (Fsp3) is 0.217. The molecular weight excluding hydrogens is 521 g/mol. The molecule has 0 radical (unpaired) electrons. The third-order valence-electron chi connectivity index (χ3n) is 5.31. The van der Waals surface area contributed by atoms with Crippen LogP contribution in [0.5, 0.6) is 0 Å². The normalized spacial score (nSPS) is 15.9. The lowest BCUT2D eigenvalue weighted by Crippen LogP contribution is -2.43. The van der Waals surface area contributed by atoms with Crippen molar-refractivity contribution in [2.75, 3.05) is 11.4 Å². The molecule has 8 heteroatoms. The molecule has 1 aliphatic heterocycles. The number of hydrogen-bond donors (Lipinski definition) is 0. The van der Waals surface area contributed by atoms with Crippen molar-refractivity contribution in [3.8, 4) is 0 Å². The van der Waals surface area contributed by atoms with E-state index in [2.05, 4.69) is 20.9 Å². The molecular formula is C23H19BrCl3N3O. The van der Waals surface area contributed by atoms with Crippen LogP contribution in [-0.2, 0) is 6.54 Å². The maximum atomic E-state index is 13.9. The Bertz CT molecular complexity index is 1100. The average molecular weight is 540 g/mol. The van der Waals surface area contributed by atoms with Gasteiger partial charge < -0.3 is 4.90 Å². The predicted octanol–water partition coefficient (Wildman–Crippen LogP) is 7.77. The number of rotatable bonds is 4. The molecule has 1 aliphatic rings. The van der Waals surface area contributed by atoms with Crippen LogP contribution < -0.4 is 4.90 Å². The number of nitrogens with zero attached hydrogens (tertiary/aromatic N) is 3. The van der Waals surface area contributed by atoms with Gasteiger partial charge in [-0.2, -0.15) is 0 Å². The van der Waals surface area contributed by atoms with Gasteiger partial charge in [0.05, 0.1) is 23.3 Å². The highest BCUT2D eigenvalue weighted by atomic mass is 79.9. The number of halogens is 4. The quantitative estimate of drug-likeness (QED) is 0.340. The van der Waals surface area contributed by atoms with Gasteiger partial charge in [-0.15, -0.1) is 0 Å². The van der Waals surface area contributed by atoms with Crippen LogP contribution in [0.1, 0.15) is 30.0 Å². The number of carbonyl (C=O) groups is 1. The first-order valence-corrected chi connectivity index (χ1v) is 11.7. The van der Waals surface area contributed by atoms with E-state index in [1.54, 1.807) is 35.5 Å². The Morgan fingerprint density at radius 2 is 1.97 bits per heavy atom. The zero-order valence-electron chi connectivity index (χ0n) is 16.4. The van der Waals surface area contributed by atoms with Crippen LogP contribution >= 0.6 is 50.7 Å². The molecule has 4 rings (SSSR count). The van der Waals surface area contributed by atoms with E-state index < -0.39 is 0 Å². The molecule has 0 saturated carbocycles. The third-order valence-corrected chi connectivity index (χ3v) is 6.69. The molecule has 2 amide bonds. The van der Waals surface area contributed by atoms with Crippen LogP contribution in [0.3, 0.4) is 0 Å². The summed E-state index contributed by atoms with van der Waals surface area (Å²) in [6.07, 6.45) is 5.19. The molecule has 0 N–H and O–H groups in total. The minimum atomic E-state index is -0.133. The molecule has 1 fully saturated rings. The van der Waals surface area contributed by atoms with E-state index in [-0.39, 0.29) is 12.1 Å². The summed E-state index contributed by atoms with van der Waals surface area (Å²) in [5, 5.41) is 1.58. The zero-order valence-corrected chi connectivity index (χ0v) is 20.3. The Morgan fingerprint density at radius 3 is 2.71 bits per heavy atom. The fourth-order valence-electron chi connectivity index (χ4n) is 3.87. The second-order valence-electron chi connectivity index (χ2n) is 7.34. The van der Waals surface area contributed by atoms with Crippen molar-refractivity contribution in [2.24, 2.45) is 0 Å². The Balaban J connectivity index is 1.71. The number of amides is 2. The van der Waals surface area contributed by atoms with Gasteiger partial charge in [0.2, 0.25) is 0 Å². The van der Waals surface area contributed by atoms with Gasteiger partial charge in [-0.1, -0.05) is 56.8 Å². The van der Waals surface area contributed by atoms with Crippen LogP contribution in [-0.4, -0.2) is 22.5 Å². The first-order chi connectivity index (χ1) is 14.9. The first-order valence-electron chi connectivity index (χ1n) is 9.81. The molecule has 1 aromatic heterocycles. The number of pyridine rings is 1. The summed E-state index contributed by atoms with van der Waals surface area (Å²) in [4.78, 5) is 21.6. The summed E-state index contributed by atoms with van der Waals surface area (Å²) in [7, 11) is 0. The average Bonchev–Trinajstić information content (AvgIpc) is 3.24. The van der Waals surface area contributed by atoms with Gasteiger partial charge in [0.15, 0.2) is 0 Å². The van der Waals surface area contributed by atoms with Crippen LogP contribution in [0.4, 0.5) is 10.5 Å². The van der Waals surface area contributed by atoms with E-state index in [9.17, 15) is 4.79 Å². The third kappa shape index (κ3) is 5.01. The number of carbonyl (C=O) groups excluding carboxylic acids is 1. The van der Waals surface area contributed by atoms with E-state index in [0.29, 0.717) is 33.8 Å². The summed E-state index contributed by atoms with van der Waals surface area (Å²) in [5.41, 5.74) is 2.44. The van der Waals surface area contributed by atoms with Crippen molar-refractivity contribution in [3.05, 3.63) is 91.6 Å². The lowest BCUT2D eigenvalue weighted by molar-refractivity contribution is 0.199. The molecule has 1 saturated heterocycles. The summed E-state index contributed by atoms with van der Waals surface area (Å²) in [6.45, 7) is 0.977. The Hall–Kier alpha value is -1.79. The van der Waals surface area contributed by atoms with E-state index in [1.807, 2.05) is 35.2 Å². The van der Waals surface area contributed by atoms with Gasteiger partial charge >= 0.3 is 6.03 Å². The lowest BCUT2D eigenvalue weighted by atomic mass is 10.0. The Labute approximate surface area is 204 Å². The van der Waals surface area contributed by atoms with Crippen molar-refractivity contribution >= 4 is 62.5 Å². The standard InChI is InChI=1S/C23H19BrCl3N3O/c24-16-5-7-19(26)18(11-16)21-4-2-10-29(21)23(31)30(14-15-3-1-9-28-13-15)22-8-6-17(25)12-20(22)27/h1,3,5-9,11-13,21H,2,4,10,14H2. The minimum absolute atomic E-state index is 0.111. The highest BCUT2D eigenvalue weighted by Gasteiger charge is 2.35. The van der Waals surface area contributed by atoms with Crippen LogP contribution in [0, 0.1) is 0 Å². The van der Waals surface area contributed by atoms with E-state index >= 15 is 0 Å². The van der Waals surface area contributed by atoms with Crippen molar-refractivity contribution in [1.82, 2.24) is 9.88 Å². The van der Waals surface area contributed by atoms with Crippen molar-refractivity contribution in [1.29, 1.82) is 0 Å². The first kappa shape index (κ1) is 22.4. The van der Waals surface area contributed by atoms with Gasteiger partial charge in [0, 0.05) is 33.5 Å². The molecule has 0 spiro atoms. The molecule has 3 aromatic rings. The predicted molar refractivity (Wildman–Crippen MR) is 130 cm³/mol. The maximum Gasteiger partial charge on any atom is 0.325 e. The molecule has 160 valence electrons. The Morgan fingerprint density at radius 1 is 1.13 bits per heavy atom. The smallest absolute Gasteiger partial charge is 0.317 e. The monoisotopic (exact) mass is 537 g/mol. The molecule has 1 atom stereocenters. The summed E-state index contributed by atoms with van der Waals surface area (Å²) >= 11 is 22.6. The molecule has 4 nitrogen and oxygen atoms in total. The van der Waals surface area contributed by atoms with E-state index in [1.165, 1.54) is 0 Å². The maximum absolute atomic E-state index is 13.9. The van der Waals surface area contributed by atoms with Gasteiger partial charge in [0.25, 0.3) is 0 Å². The van der Waals surface area contributed by atoms with Gasteiger partial charge in [-0.05, 0) is 66.4 Å². The number of anilines is 1. The van der Waals surface area contributed by atoms with Gasteiger partial charge in [-0.3, -0.25) is 9.88 Å². The number of hydrogen-bond acceptors (Lipinski definition) is 2. The SMILES string of the molecule is O=C(N(Cc1cccnc1)c1ccc(Cl)cc1Cl)N1CCCC1c1cc(Br)ccc1Cl. The second-order valence-corrected chi connectivity index (χ2v) is 9.51. The lowest BCUT2D eigenvalue weighted by Gasteiger charge is -2.33. The van der Waals surface area contributed by atoms with Gasteiger partial charge in [0.1, 0.15) is 0 Å². The van der Waals surface area contributed by atoms with Gasteiger partial charge in [-0.25, -0.2) is 4.79 Å². The fourth-order valence-corrected chi connectivity index (χ4v) is 5.01. The summed E-state index contributed by atoms with van der Waals surface area (Å²) in [5.74, 6) is 0. The highest BCUT2D eigenvalue weighted by molar-refractivity contribution is 9.10. The molecule has 2 aromatic carbocycles. The molecule has 2 heterocycles. The van der Waals surface area contributed by atoms with Crippen molar-refractivity contribution in [3.63, 3.8) is 0 Å².